The van der Waals surface area contributed by atoms with E-state index in [2.05, 4.69) is 19.1 Å². The third-order valence-electron chi connectivity index (χ3n) is 4.05. The summed E-state index contributed by atoms with van der Waals surface area (Å²) in [5.41, 5.74) is 5.97. The van der Waals surface area contributed by atoms with Gasteiger partial charge >= 0.3 is 0 Å². The largest absolute Gasteiger partial charge is 0.493 e. The summed E-state index contributed by atoms with van der Waals surface area (Å²) in [5, 5.41) is 15.3. The van der Waals surface area contributed by atoms with Crippen molar-refractivity contribution < 1.29 is 5.11 Å². The van der Waals surface area contributed by atoms with Crippen molar-refractivity contribution >= 4 is 0 Å². The molecule has 22 heavy (non-hydrogen) atoms. The summed E-state index contributed by atoms with van der Waals surface area (Å²) < 4.78 is 1.65. The van der Waals surface area contributed by atoms with Crippen LogP contribution >= 0.6 is 0 Å². The van der Waals surface area contributed by atoms with E-state index in [4.69, 9.17) is 5.10 Å². The van der Waals surface area contributed by atoms with Crippen LogP contribution in [0.4, 0.5) is 0 Å². The lowest BCUT2D eigenvalue weighted by atomic mass is 10.0. The van der Waals surface area contributed by atoms with Gasteiger partial charge in [-0.3, -0.25) is 0 Å². The summed E-state index contributed by atoms with van der Waals surface area (Å²) >= 11 is 0. The van der Waals surface area contributed by atoms with Crippen molar-refractivity contribution in [2.45, 2.75) is 27.2 Å². The van der Waals surface area contributed by atoms with Crippen LogP contribution in [0.3, 0.4) is 0 Å². The first-order valence-corrected chi connectivity index (χ1v) is 7.56. The lowest BCUT2D eigenvalue weighted by Gasteiger charge is -2.06. The van der Waals surface area contributed by atoms with Gasteiger partial charge in [0.2, 0.25) is 5.88 Å². The minimum Gasteiger partial charge on any atom is -0.493 e. The van der Waals surface area contributed by atoms with Gasteiger partial charge in [0.15, 0.2) is 0 Å². The predicted octanol–water partition coefficient (Wildman–Crippen LogP) is 4.42. The maximum Gasteiger partial charge on any atom is 0.218 e. The smallest absolute Gasteiger partial charge is 0.218 e. The van der Waals surface area contributed by atoms with Crippen LogP contribution in [0, 0.1) is 13.8 Å². The van der Waals surface area contributed by atoms with Crippen molar-refractivity contribution in [3.63, 3.8) is 0 Å². The molecule has 1 N–H and O–H groups in total. The zero-order valence-electron chi connectivity index (χ0n) is 13.2. The fourth-order valence-corrected chi connectivity index (χ4v) is 2.79. The number of aromatic hydroxyl groups is 1. The van der Waals surface area contributed by atoms with Crippen molar-refractivity contribution in [1.29, 1.82) is 0 Å². The number of hydrogen-bond acceptors (Lipinski definition) is 2. The molecule has 0 fully saturated rings. The standard InChI is InChI=1S/C19H20N2O/c1-4-15-18(16-11-7-5-9-13(16)2)20-21(19(15)22)17-12-8-6-10-14(17)3/h5-12,22H,4H2,1-3H3. The molecule has 1 heterocycles. The molecular weight excluding hydrogens is 272 g/mol. The van der Waals surface area contributed by atoms with E-state index in [-0.39, 0.29) is 5.88 Å². The summed E-state index contributed by atoms with van der Waals surface area (Å²) in [7, 11) is 0. The number of hydrogen-bond donors (Lipinski definition) is 1. The first kappa shape index (κ1) is 14.4. The Hall–Kier alpha value is -2.55. The molecule has 0 radical (unpaired) electrons. The van der Waals surface area contributed by atoms with E-state index in [1.165, 1.54) is 0 Å². The minimum atomic E-state index is 0.232. The number of benzene rings is 2. The Morgan fingerprint density at radius 1 is 0.955 bits per heavy atom. The molecule has 3 nitrogen and oxygen atoms in total. The predicted molar refractivity (Wildman–Crippen MR) is 89.5 cm³/mol. The van der Waals surface area contributed by atoms with Crippen LogP contribution in [-0.4, -0.2) is 14.9 Å². The van der Waals surface area contributed by atoms with Gasteiger partial charge in [0.25, 0.3) is 0 Å². The zero-order chi connectivity index (χ0) is 15.7. The van der Waals surface area contributed by atoms with Gasteiger partial charge in [-0.05, 0) is 37.5 Å². The van der Waals surface area contributed by atoms with E-state index < -0.39 is 0 Å². The number of rotatable bonds is 3. The highest BCUT2D eigenvalue weighted by Crippen LogP contribution is 2.34. The Morgan fingerprint density at radius 2 is 1.59 bits per heavy atom. The minimum absolute atomic E-state index is 0.232. The molecule has 3 heteroatoms. The van der Waals surface area contributed by atoms with Crippen molar-refractivity contribution in [2.24, 2.45) is 0 Å². The third kappa shape index (κ3) is 2.29. The van der Waals surface area contributed by atoms with Crippen LogP contribution in [-0.2, 0) is 6.42 Å². The van der Waals surface area contributed by atoms with Crippen molar-refractivity contribution in [2.75, 3.05) is 0 Å². The molecule has 0 saturated heterocycles. The van der Waals surface area contributed by atoms with Gasteiger partial charge < -0.3 is 5.11 Å². The van der Waals surface area contributed by atoms with Gasteiger partial charge in [-0.1, -0.05) is 49.4 Å². The van der Waals surface area contributed by atoms with E-state index in [0.29, 0.717) is 0 Å². The van der Waals surface area contributed by atoms with Crippen LogP contribution in [0.2, 0.25) is 0 Å². The quantitative estimate of drug-likeness (QED) is 0.775. The molecule has 0 aliphatic rings. The van der Waals surface area contributed by atoms with Crippen LogP contribution in [0.1, 0.15) is 23.6 Å². The van der Waals surface area contributed by atoms with Crippen molar-refractivity contribution in [3.05, 3.63) is 65.2 Å². The third-order valence-corrected chi connectivity index (χ3v) is 4.05. The maximum absolute atomic E-state index is 10.6. The van der Waals surface area contributed by atoms with Crippen LogP contribution < -0.4 is 0 Å². The Balaban J connectivity index is 2.25. The lowest BCUT2D eigenvalue weighted by Crippen LogP contribution is -1.98. The van der Waals surface area contributed by atoms with Gasteiger partial charge in [0, 0.05) is 11.1 Å². The molecule has 0 saturated carbocycles. The topological polar surface area (TPSA) is 38.0 Å². The van der Waals surface area contributed by atoms with Crippen LogP contribution in [0.5, 0.6) is 5.88 Å². The number of aryl methyl sites for hydroxylation is 2. The lowest BCUT2D eigenvalue weighted by molar-refractivity contribution is 0.428. The molecule has 0 bridgehead atoms. The Morgan fingerprint density at radius 3 is 2.23 bits per heavy atom. The van der Waals surface area contributed by atoms with Gasteiger partial charge in [0.1, 0.15) is 5.69 Å². The van der Waals surface area contributed by atoms with E-state index in [1.807, 2.05) is 50.2 Å². The average molecular weight is 292 g/mol. The van der Waals surface area contributed by atoms with Crippen molar-refractivity contribution in [3.8, 4) is 22.8 Å². The summed E-state index contributed by atoms with van der Waals surface area (Å²) in [6, 6.07) is 16.1. The molecule has 2 aromatic carbocycles. The number of nitrogens with zero attached hydrogens (tertiary/aromatic N) is 2. The number of aromatic nitrogens is 2. The van der Waals surface area contributed by atoms with Crippen molar-refractivity contribution in [1.82, 2.24) is 9.78 Å². The highest BCUT2D eigenvalue weighted by molar-refractivity contribution is 5.69. The molecule has 0 aliphatic heterocycles. The second-order valence-corrected chi connectivity index (χ2v) is 5.52. The first-order valence-electron chi connectivity index (χ1n) is 7.56. The van der Waals surface area contributed by atoms with E-state index in [9.17, 15) is 5.11 Å². The molecule has 0 spiro atoms. The molecule has 112 valence electrons. The highest BCUT2D eigenvalue weighted by Gasteiger charge is 2.19. The van der Waals surface area contributed by atoms with Gasteiger partial charge in [0.05, 0.1) is 5.69 Å². The van der Waals surface area contributed by atoms with E-state index in [1.54, 1.807) is 4.68 Å². The molecule has 0 amide bonds. The molecule has 3 aromatic rings. The summed E-state index contributed by atoms with van der Waals surface area (Å²) in [6.45, 7) is 6.13. The molecule has 0 aliphatic carbocycles. The molecule has 0 atom stereocenters. The molecular formula is C19H20N2O. The second-order valence-electron chi connectivity index (χ2n) is 5.52. The second kappa shape index (κ2) is 5.68. The van der Waals surface area contributed by atoms with Gasteiger partial charge in [-0.25, -0.2) is 4.68 Å². The normalized spacial score (nSPS) is 10.9. The SMILES string of the molecule is CCc1c(-c2ccccc2C)nn(-c2ccccc2C)c1O. The fourth-order valence-electron chi connectivity index (χ4n) is 2.79. The average Bonchev–Trinajstić information content (AvgIpc) is 2.85. The maximum atomic E-state index is 10.6. The molecule has 3 rings (SSSR count). The van der Waals surface area contributed by atoms with E-state index >= 15 is 0 Å². The Kier molecular flexibility index (Phi) is 3.72. The van der Waals surface area contributed by atoms with Crippen LogP contribution in [0.15, 0.2) is 48.5 Å². The Labute approximate surface area is 130 Å². The number of para-hydroxylation sites is 1. The first-order chi connectivity index (χ1) is 10.6. The zero-order valence-corrected chi connectivity index (χ0v) is 13.2. The van der Waals surface area contributed by atoms with Crippen LogP contribution in [0.25, 0.3) is 16.9 Å². The molecule has 0 unspecified atom stereocenters. The summed E-state index contributed by atoms with van der Waals surface area (Å²) in [4.78, 5) is 0. The van der Waals surface area contributed by atoms with Gasteiger partial charge in [-0.15, -0.1) is 0 Å². The fraction of sp³-hybridized carbons (Fsp3) is 0.211. The Bertz CT molecular complexity index is 818. The monoisotopic (exact) mass is 292 g/mol. The van der Waals surface area contributed by atoms with E-state index in [0.717, 1.165) is 40.1 Å². The summed E-state index contributed by atoms with van der Waals surface area (Å²) in [5.74, 6) is 0.232. The molecule has 1 aromatic heterocycles. The summed E-state index contributed by atoms with van der Waals surface area (Å²) in [6.07, 6.45) is 0.737. The van der Waals surface area contributed by atoms with Gasteiger partial charge in [-0.2, -0.15) is 5.10 Å². The highest BCUT2D eigenvalue weighted by atomic mass is 16.3.